The van der Waals surface area contributed by atoms with Crippen molar-refractivity contribution >= 4 is 29.6 Å². The molecule has 0 spiro atoms. The van der Waals surface area contributed by atoms with Crippen molar-refractivity contribution in [1.82, 2.24) is 0 Å². The molecular formula is C13H17ClO4S2. The molecule has 0 aliphatic heterocycles. The van der Waals surface area contributed by atoms with Gasteiger partial charge in [-0.2, -0.15) is 0 Å². The normalized spacial score (nSPS) is 18.1. The molecule has 1 aromatic carbocycles. The fourth-order valence-electron chi connectivity index (χ4n) is 2.56. The van der Waals surface area contributed by atoms with Crippen LogP contribution in [-0.4, -0.2) is 22.1 Å². The summed E-state index contributed by atoms with van der Waals surface area (Å²) in [5.41, 5.74) is 0.470. The van der Waals surface area contributed by atoms with Crippen LogP contribution in [0.15, 0.2) is 29.2 Å². The van der Waals surface area contributed by atoms with Gasteiger partial charge in [-0.25, -0.2) is 16.8 Å². The third-order valence-corrected chi connectivity index (χ3v) is 7.18. The highest BCUT2D eigenvalue weighted by molar-refractivity contribution is 8.13. The van der Waals surface area contributed by atoms with Gasteiger partial charge in [-0.3, -0.25) is 0 Å². The lowest BCUT2D eigenvalue weighted by Crippen LogP contribution is -2.25. The zero-order chi connectivity index (χ0) is 14.8. The summed E-state index contributed by atoms with van der Waals surface area (Å²) in [6, 6.07) is 5.83. The molecule has 20 heavy (non-hydrogen) atoms. The molecule has 2 rings (SSSR count). The van der Waals surface area contributed by atoms with Crippen LogP contribution in [0.4, 0.5) is 0 Å². The number of rotatable bonds is 4. The van der Waals surface area contributed by atoms with Crippen LogP contribution in [0, 0.1) is 0 Å². The van der Waals surface area contributed by atoms with Crippen molar-refractivity contribution in [2.45, 2.75) is 48.0 Å². The van der Waals surface area contributed by atoms with Crippen molar-refractivity contribution in [2.24, 2.45) is 0 Å². The van der Waals surface area contributed by atoms with Crippen molar-refractivity contribution in [2.75, 3.05) is 0 Å². The zero-order valence-electron chi connectivity index (χ0n) is 11.0. The number of hydrogen-bond acceptors (Lipinski definition) is 4. The zero-order valence-corrected chi connectivity index (χ0v) is 13.3. The Morgan fingerprint density at radius 2 is 1.70 bits per heavy atom. The van der Waals surface area contributed by atoms with Gasteiger partial charge in [0.2, 0.25) is 0 Å². The van der Waals surface area contributed by atoms with E-state index in [-0.39, 0.29) is 15.9 Å². The molecule has 0 radical (unpaired) electrons. The first-order chi connectivity index (χ1) is 9.29. The maximum Gasteiger partial charge on any atom is 0.261 e. The van der Waals surface area contributed by atoms with Gasteiger partial charge < -0.3 is 0 Å². The fraction of sp³-hybridized carbons (Fsp3) is 0.538. The molecule has 7 heteroatoms. The van der Waals surface area contributed by atoms with Crippen molar-refractivity contribution in [3.05, 3.63) is 29.8 Å². The largest absolute Gasteiger partial charge is 0.261 e. The fourth-order valence-corrected chi connectivity index (χ4v) is 5.31. The summed E-state index contributed by atoms with van der Waals surface area (Å²) in [6.07, 6.45) is 4.39. The van der Waals surface area contributed by atoms with Crippen LogP contribution in [0.1, 0.15) is 37.7 Å². The van der Waals surface area contributed by atoms with E-state index in [4.69, 9.17) is 10.7 Å². The molecule has 4 nitrogen and oxygen atoms in total. The molecule has 0 unspecified atom stereocenters. The van der Waals surface area contributed by atoms with E-state index in [1.165, 1.54) is 18.2 Å². The number of halogens is 1. The van der Waals surface area contributed by atoms with Gasteiger partial charge in [0.25, 0.3) is 9.05 Å². The van der Waals surface area contributed by atoms with Gasteiger partial charge in [0, 0.05) is 10.7 Å². The van der Waals surface area contributed by atoms with E-state index < -0.39 is 18.9 Å². The van der Waals surface area contributed by atoms with Gasteiger partial charge in [0.15, 0.2) is 9.84 Å². The summed E-state index contributed by atoms with van der Waals surface area (Å²) in [5.74, 6) is -0.127. The molecule has 0 N–H and O–H groups in total. The molecule has 1 saturated carbocycles. The maximum absolute atomic E-state index is 12.3. The molecular weight excluding hydrogens is 320 g/mol. The third-order valence-electron chi connectivity index (χ3n) is 3.61. The van der Waals surface area contributed by atoms with Crippen LogP contribution in [0.25, 0.3) is 0 Å². The standard InChI is InChI=1S/C13H17ClO4S2/c14-20(17,18)13-8-4-5-11(9-13)10-19(15,16)12-6-2-1-3-7-12/h4-5,8-9,12H,1-3,6-7,10H2. The first-order valence-electron chi connectivity index (χ1n) is 6.54. The topological polar surface area (TPSA) is 68.3 Å². The summed E-state index contributed by atoms with van der Waals surface area (Å²) < 4.78 is 47.2. The highest BCUT2D eigenvalue weighted by Gasteiger charge is 2.27. The summed E-state index contributed by atoms with van der Waals surface area (Å²) in [7, 11) is -1.79. The second kappa shape index (κ2) is 6.03. The van der Waals surface area contributed by atoms with Gasteiger partial charge >= 0.3 is 0 Å². The Morgan fingerprint density at radius 1 is 1.05 bits per heavy atom. The Hall–Kier alpha value is -0.590. The van der Waals surface area contributed by atoms with Gasteiger partial charge in [-0.05, 0) is 30.5 Å². The second-order valence-electron chi connectivity index (χ2n) is 5.15. The Kier molecular flexibility index (Phi) is 4.76. The van der Waals surface area contributed by atoms with E-state index in [0.29, 0.717) is 18.4 Å². The van der Waals surface area contributed by atoms with E-state index in [1.807, 2.05) is 0 Å². The summed E-state index contributed by atoms with van der Waals surface area (Å²) in [4.78, 5) is -0.0597. The van der Waals surface area contributed by atoms with Crippen LogP contribution in [0.3, 0.4) is 0 Å². The summed E-state index contributed by atoms with van der Waals surface area (Å²) >= 11 is 0. The molecule has 0 atom stereocenters. The highest BCUT2D eigenvalue weighted by Crippen LogP contribution is 2.27. The van der Waals surface area contributed by atoms with E-state index in [0.717, 1.165) is 19.3 Å². The SMILES string of the molecule is O=S(=O)(Cl)c1cccc(CS(=O)(=O)C2CCCCC2)c1. The minimum absolute atomic E-state index is 0.0597. The van der Waals surface area contributed by atoms with Crippen molar-refractivity contribution in [3.8, 4) is 0 Å². The molecule has 0 amide bonds. The molecule has 0 saturated heterocycles. The van der Waals surface area contributed by atoms with E-state index in [1.54, 1.807) is 6.07 Å². The summed E-state index contributed by atoms with van der Waals surface area (Å²) in [6.45, 7) is 0. The molecule has 0 heterocycles. The molecule has 1 fully saturated rings. The molecule has 1 aromatic rings. The maximum atomic E-state index is 12.3. The first-order valence-corrected chi connectivity index (χ1v) is 10.6. The van der Waals surface area contributed by atoms with Gasteiger partial charge in [-0.1, -0.05) is 31.4 Å². The molecule has 0 bridgehead atoms. The van der Waals surface area contributed by atoms with E-state index in [2.05, 4.69) is 0 Å². The molecule has 1 aliphatic carbocycles. The minimum Gasteiger partial charge on any atom is -0.228 e. The molecule has 0 aromatic heterocycles. The van der Waals surface area contributed by atoms with Crippen LogP contribution in [-0.2, 0) is 24.6 Å². The average molecular weight is 337 g/mol. The van der Waals surface area contributed by atoms with Gasteiger partial charge in [-0.15, -0.1) is 0 Å². The van der Waals surface area contributed by atoms with Crippen molar-refractivity contribution in [3.63, 3.8) is 0 Å². The van der Waals surface area contributed by atoms with Crippen molar-refractivity contribution in [1.29, 1.82) is 0 Å². The number of benzene rings is 1. The Bertz CT molecular complexity index is 674. The van der Waals surface area contributed by atoms with E-state index >= 15 is 0 Å². The lowest BCUT2D eigenvalue weighted by atomic mass is 10.0. The third kappa shape index (κ3) is 3.96. The smallest absolute Gasteiger partial charge is 0.228 e. The van der Waals surface area contributed by atoms with Crippen LogP contribution >= 0.6 is 10.7 Å². The van der Waals surface area contributed by atoms with Crippen LogP contribution in [0.2, 0.25) is 0 Å². The second-order valence-corrected chi connectivity index (χ2v) is 10.00. The molecule has 112 valence electrons. The monoisotopic (exact) mass is 336 g/mol. The lowest BCUT2D eigenvalue weighted by Gasteiger charge is -2.21. The Morgan fingerprint density at radius 3 is 2.30 bits per heavy atom. The number of hydrogen-bond donors (Lipinski definition) is 0. The predicted octanol–water partition coefficient (Wildman–Crippen LogP) is 2.86. The first kappa shape index (κ1) is 15.8. The average Bonchev–Trinajstić information content (AvgIpc) is 2.38. The Balaban J connectivity index is 2.21. The van der Waals surface area contributed by atoms with Crippen molar-refractivity contribution < 1.29 is 16.8 Å². The lowest BCUT2D eigenvalue weighted by molar-refractivity contribution is 0.483. The van der Waals surface area contributed by atoms with Crippen LogP contribution < -0.4 is 0 Å². The van der Waals surface area contributed by atoms with Gasteiger partial charge in [0.05, 0.1) is 15.9 Å². The minimum atomic E-state index is -3.83. The predicted molar refractivity (Wildman–Crippen MR) is 79.0 cm³/mol. The van der Waals surface area contributed by atoms with Crippen LogP contribution in [0.5, 0.6) is 0 Å². The summed E-state index contributed by atoms with van der Waals surface area (Å²) in [5, 5.41) is -0.299. The quantitative estimate of drug-likeness (QED) is 0.793. The highest BCUT2D eigenvalue weighted by atomic mass is 35.7. The molecule has 1 aliphatic rings. The Labute approximate surface area is 124 Å². The number of sulfone groups is 1. The van der Waals surface area contributed by atoms with Gasteiger partial charge in [0.1, 0.15) is 0 Å². The van der Waals surface area contributed by atoms with E-state index in [9.17, 15) is 16.8 Å².